The summed E-state index contributed by atoms with van der Waals surface area (Å²) < 4.78 is 0.0738. The summed E-state index contributed by atoms with van der Waals surface area (Å²) in [4.78, 5) is 24.7. The molecule has 0 aromatic carbocycles. The first-order valence-electron chi connectivity index (χ1n) is 5.43. The van der Waals surface area contributed by atoms with Crippen LogP contribution in [0.5, 0.6) is 0 Å². The molecule has 0 radical (unpaired) electrons. The van der Waals surface area contributed by atoms with Gasteiger partial charge in [-0.05, 0) is 13.3 Å². The fourth-order valence-electron chi connectivity index (χ4n) is 1.55. The predicted octanol–water partition coefficient (Wildman–Crippen LogP) is 2.06. The van der Waals surface area contributed by atoms with Crippen LogP contribution in [0.15, 0.2) is 0 Å². The molecule has 15 heavy (non-hydrogen) atoms. The fourth-order valence-corrected chi connectivity index (χ4v) is 2.94. The van der Waals surface area contributed by atoms with Crippen molar-refractivity contribution in [1.29, 1.82) is 0 Å². The third-order valence-corrected chi connectivity index (χ3v) is 4.41. The van der Waals surface area contributed by atoms with Gasteiger partial charge < -0.3 is 0 Å². The zero-order chi connectivity index (χ0) is 11.6. The Kier molecular flexibility index (Phi) is 3.82. The maximum atomic E-state index is 11.8. The minimum Gasteiger partial charge on any atom is -0.282 e. The average Bonchev–Trinajstić information content (AvgIpc) is 2.41. The molecule has 0 bridgehead atoms. The first kappa shape index (κ1) is 12.6. The molecule has 0 aromatic rings. The Hall–Kier alpha value is -0.510. The third-order valence-electron chi connectivity index (χ3n) is 2.83. The Balaban J connectivity index is 2.67. The molecule has 1 atom stereocenters. The Morgan fingerprint density at radius 3 is 2.40 bits per heavy atom. The number of thioether (sulfide) groups is 1. The number of carbonyl (C=O) groups excluding carboxylic acids is 2. The molecule has 1 fully saturated rings. The lowest BCUT2D eigenvalue weighted by Crippen LogP contribution is -2.32. The highest BCUT2D eigenvalue weighted by Gasteiger charge is 2.40. The van der Waals surface area contributed by atoms with Gasteiger partial charge in [-0.3, -0.25) is 14.5 Å². The molecule has 0 saturated carbocycles. The van der Waals surface area contributed by atoms with E-state index in [-0.39, 0.29) is 21.8 Å². The summed E-state index contributed by atoms with van der Waals surface area (Å²) in [6.07, 6.45) is 1.38. The maximum absolute atomic E-state index is 11.8. The smallest absolute Gasteiger partial charge is 0.242 e. The molecule has 1 aliphatic heterocycles. The second-order valence-electron chi connectivity index (χ2n) is 4.40. The fraction of sp³-hybridized carbons (Fsp3) is 0.818. The molecule has 0 aromatic heterocycles. The van der Waals surface area contributed by atoms with Gasteiger partial charge in [0.15, 0.2) is 0 Å². The summed E-state index contributed by atoms with van der Waals surface area (Å²) in [7, 11) is 0. The van der Waals surface area contributed by atoms with Crippen molar-refractivity contribution in [3.05, 3.63) is 0 Å². The minimum absolute atomic E-state index is 0.00553. The van der Waals surface area contributed by atoms with Gasteiger partial charge in [0, 0.05) is 17.7 Å². The van der Waals surface area contributed by atoms with Crippen molar-refractivity contribution in [3.63, 3.8) is 0 Å². The van der Waals surface area contributed by atoms with Crippen LogP contribution in [0.2, 0.25) is 0 Å². The molecular weight excluding hydrogens is 210 g/mol. The standard InChI is InChI=1S/C11H19NO2S/c1-5-11(3,4)15-8-7-9(13)12(6-2)10(8)14/h8H,5-7H2,1-4H3. The second-order valence-corrected chi connectivity index (χ2v) is 6.31. The Bertz CT molecular complexity index is 276. The molecule has 1 heterocycles. The van der Waals surface area contributed by atoms with Crippen molar-refractivity contribution in [3.8, 4) is 0 Å². The van der Waals surface area contributed by atoms with Crippen molar-refractivity contribution in [1.82, 2.24) is 4.90 Å². The Morgan fingerprint density at radius 1 is 1.40 bits per heavy atom. The van der Waals surface area contributed by atoms with Gasteiger partial charge in [0.1, 0.15) is 0 Å². The monoisotopic (exact) mass is 229 g/mol. The maximum Gasteiger partial charge on any atom is 0.242 e. The van der Waals surface area contributed by atoms with Crippen LogP contribution in [-0.4, -0.2) is 33.3 Å². The molecule has 0 N–H and O–H groups in total. The van der Waals surface area contributed by atoms with Crippen molar-refractivity contribution in [2.24, 2.45) is 0 Å². The Labute approximate surface area is 95.6 Å². The van der Waals surface area contributed by atoms with Crippen molar-refractivity contribution in [2.75, 3.05) is 6.54 Å². The first-order valence-corrected chi connectivity index (χ1v) is 6.31. The number of likely N-dealkylation sites (tertiary alicyclic amines) is 1. The van der Waals surface area contributed by atoms with Gasteiger partial charge >= 0.3 is 0 Å². The van der Waals surface area contributed by atoms with Gasteiger partial charge in [-0.15, -0.1) is 11.8 Å². The number of imide groups is 1. The number of amides is 2. The lowest BCUT2D eigenvalue weighted by Gasteiger charge is -2.24. The second kappa shape index (κ2) is 4.56. The summed E-state index contributed by atoms with van der Waals surface area (Å²) >= 11 is 1.63. The van der Waals surface area contributed by atoms with E-state index < -0.39 is 0 Å². The van der Waals surface area contributed by atoms with Crippen LogP contribution in [0, 0.1) is 0 Å². The van der Waals surface area contributed by atoms with E-state index in [0.717, 1.165) is 6.42 Å². The lowest BCUT2D eigenvalue weighted by molar-refractivity contribution is -0.137. The summed E-state index contributed by atoms with van der Waals surface area (Å²) in [5.74, 6) is -0.0269. The molecule has 4 heteroatoms. The Morgan fingerprint density at radius 2 is 2.00 bits per heavy atom. The molecule has 1 rings (SSSR count). The van der Waals surface area contributed by atoms with Gasteiger partial charge in [0.05, 0.1) is 5.25 Å². The summed E-state index contributed by atoms with van der Waals surface area (Å²) in [5, 5.41) is -0.160. The molecule has 0 aliphatic carbocycles. The summed E-state index contributed by atoms with van der Waals surface area (Å²) in [5.41, 5.74) is 0. The summed E-state index contributed by atoms with van der Waals surface area (Å²) in [6.45, 7) is 8.68. The van der Waals surface area contributed by atoms with Gasteiger partial charge in [-0.1, -0.05) is 20.8 Å². The number of hydrogen-bond donors (Lipinski definition) is 0. The molecule has 1 saturated heterocycles. The zero-order valence-corrected chi connectivity index (χ0v) is 10.7. The topological polar surface area (TPSA) is 37.4 Å². The molecular formula is C11H19NO2S. The van der Waals surface area contributed by atoms with E-state index in [0.29, 0.717) is 13.0 Å². The lowest BCUT2D eigenvalue weighted by atomic mass is 10.1. The van der Waals surface area contributed by atoms with Gasteiger partial charge in [-0.2, -0.15) is 0 Å². The van der Waals surface area contributed by atoms with Crippen LogP contribution in [0.25, 0.3) is 0 Å². The normalized spacial score (nSPS) is 22.7. The first-order chi connectivity index (χ1) is 6.91. The molecule has 3 nitrogen and oxygen atoms in total. The highest BCUT2D eigenvalue weighted by molar-refractivity contribution is 8.02. The van der Waals surface area contributed by atoms with E-state index in [1.807, 2.05) is 6.92 Å². The van der Waals surface area contributed by atoms with Gasteiger partial charge in [0.25, 0.3) is 0 Å². The number of carbonyl (C=O) groups is 2. The third kappa shape index (κ3) is 2.74. The molecule has 0 spiro atoms. The van der Waals surface area contributed by atoms with Crippen molar-refractivity contribution >= 4 is 23.6 Å². The average molecular weight is 229 g/mol. The quantitative estimate of drug-likeness (QED) is 0.692. The van der Waals surface area contributed by atoms with Crippen molar-refractivity contribution < 1.29 is 9.59 Å². The largest absolute Gasteiger partial charge is 0.282 e. The van der Waals surface area contributed by atoms with Crippen molar-refractivity contribution in [2.45, 2.75) is 50.5 Å². The molecule has 1 unspecified atom stereocenters. The van der Waals surface area contributed by atoms with Gasteiger partial charge in [-0.25, -0.2) is 0 Å². The van der Waals surface area contributed by atoms with E-state index in [1.165, 1.54) is 4.90 Å². The SMILES string of the molecule is CCN1C(=O)CC(SC(C)(C)CC)C1=O. The predicted molar refractivity (Wildman–Crippen MR) is 62.8 cm³/mol. The van der Waals surface area contributed by atoms with Crippen LogP contribution < -0.4 is 0 Å². The number of nitrogens with zero attached hydrogens (tertiary/aromatic N) is 1. The highest BCUT2D eigenvalue weighted by atomic mass is 32.2. The highest BCUT2D eigenvalue weighted by Crippen LogP contribution is 2.36. The van der Waals surface area contributed by atoms with E-state index in [4.69, 9.17) is 0 Å². The number of rotatable bonds is 4. The van der Waals surface area contributed by atoms with E-state index in [2.05, 4.69) is 20.8 Å². The minimum atomic E-state index is -0.160. The van der Waals surface area contributed by atoms with Crippen LogP contribution in [0.1, 0.15) is 40.5 Å². The van der Waals surface area contributed by atoms with Gasteiger partial charge in [0.2, 0.25) is 11.8 Å². The van der Waals surface area contributed by atoms with E-state index >= 15 is 0 Å². The number of hydrogen-bond acceptors (Lipinski definition) is 3. The molecule has 1 aliphatic rings. The van der Waals surface area contributed by atoms with Crippen LogP contribution in [0.3, 0.4) is 0 Å². The van der Waals surface area contributed by atoms with Crippen LogP contribution in [0.4, 0.5) is 0 Å². The van der Waals surface area contributed by atoms with Crippen LogP contribution >= 0.6 is 11.8 Å². The molecule has 86 valence electrons. The van der Waals surface area contributed by atoms with E-state index in [1.54, 1.807) is 11.8 Å². The van der Waals surface area contributed by atoms with E-state index in [9.17, 15) is 9.59 Å². The van der Waals surface area contributed by atoms with Crippen LogP contribution in [-0.2, 0) is 9.59 Å². The zero-order valence-electron chi connectivity index (χ0n) is 9.87. The molecule has 2 amide bonds. The summed E-state index contributed by atoms with van der Waals surface area (Å²) in [6, 6.07) is 0.